The van der Waals surface area contributed by atoms with Crippen LogP contribution in [-0.2, 0) is 9.84 Å². The molecule has 0 aliphatic carbocycles. The van der Waals surface area contributed by atoms with E-state index in [9.17, 15) is 23.6 Å². The average molecular weight is 483 g/mol. The molecule has 0 saturated heterocycles. The summed E-state index contributed by atoms with van der Waals surface area (Å²) >= 11 is 0. The summed E-state index contributed by atoms with van der Waals surface area (Å²) in [5.74, 6) is -1.02. The lowest BCUT2D eigenvalue weighted by atomic mass is 10.1. The lowest BCUT2D eigenvalue weighted by Gasteiger charge is -2.12. The van der Waals surface area contributed by atoms with Crippen LogP contribution in [0.2, 0.25) is 0 Å². The number of aromatic nitrogens is 1. The maximum Gasteiger partial charge on any atom is 0.216 e. The number of benzene rings is 3. The number of hydrogen-bond donors (Lipinski definition) is 4. The fourth-order valence-electron chi connectivity index (χ4n) is 3.24. The molecule has 2 atom stereocenters. The smallest absolute Gasteiger partial charge is 0.216 e. The van der Waals surface area contributed by atoms with Crippen LogP contribution >= 0.6 is 0 Å². The lowest BCUT2D eigenvalue weighted by molar-refractivity contribution is -0.991. The highest BCUT2D eigenvalue weighted by Gasteiger charge is 2.34. The Bertz CT molecular complexity index is 1420. The fraction of sp³-hybridized carbons (Fsp3) is 0. The van der Waals surface area contributed by atoms with Gasteiger partial charge in [0.25, 0.3) is 0 Å². The standard InChI is InChI=1S/C22H17N3O8S/c26-20(14-6-10-16(11-7-14)24(27)28)19-22(34(31,32)18-4-2-1-3-5-18)21(33-23-19)15-8-12-17(13-9-15)25(29)30/h1-13,24-25,27,29H. The molecule has 0 radical (unpaired) electrons. The molecule has 0 amide bonds. The van der Waals surface area contributed by atoms with E-state index in [0.717, 1.165) is 0 Å². The van der Waals surface area contributed by atoms with Gasteiger partial charge in [0, 0.05) is 35.4 Å². The first-order valence-electron chi connectivity index (χ1n) is 9.71. The Labute approximate surface area is 192 Å². The van der Waals surface area contributed by atoms with E-state index >= 15 is 0 Å². The van der Waals surface area contributed by atoms with Crippen LogP contribution in [0.25, 0.3) is 11.3 Å². The third-order valence-corrected chi connectivity index (χ3v) is 6.78. The minimum atomic E-state index is -4.29. The van der Waals surface area contributed by atoms with E-state index in [4.69, 9.17) is 14.9 Å². The van der Waals surface area contributed by atoms with Gasteiger partial charge in [-0.15, -0.1) is 0 Å². The molecule has 4 N–H and O–H groups in total. The second-order valence-electron chi connectivity index (χ2n) is 7.10. The van der Waals surface area contributed by atoms with Gasteiger partial charge >= 0.3 is 0 Å². The number of nitrogens with one attached hydrogen (secondary N) is 2. The molecule has 174 valence electrons. The zero-order valence-corrected chi connectivity index (χ0v) is 18.0. The Morgan fingerprint density at radius 2 is 1.35 bits per heavy atom. The first-order chi connectivity index (χ1) is 16.2. The van der Waals surface area contributed by atoms with Crippen LogP contribution in [-0.4, -0.2) is 29.8 Å². The highest BCUT2D eigenvalue weighted by Crippen LogP contribution is 2.35. The number of nitrogens with zero attached hydrogens (tertiary/aromatic N) is 1. The first-order valence-corrected chi connectivity index (χ1v) is 11.2. The summed E-state index contributed by atoms with van der Waals surface area (Å²) in [5.41, 5.74) is -0.342. The Kier molecular flexibility index (Phi) is 6.37. The number of ketones is 1. The van der Waals surface area contributed by atoms with Crippen LogP contribution in [0.15, 0.2) is 93.2 Å². The van der Waals surface area contributed by atoms with Crippen LogP contribution in [0.1, 0.15) is 16.1 Å². The third-order valence-electron chi connectivity index (χ3n) is 4.97. The molecule has 0 saturated carbocycles. The van der Waals surface area contributed by atoms with Crippen LogP contribution in [0, 0.1) is 10.4 Å². The molecule has 0 fully saturated rings. The van der Waals surface area contributed by atoms with Gasteiger partial charge in [-0.25, -0.2) is 18.8 Å². The summed E-state index contributed by atoms with van der Waals surface area (Å²) in [4.78, 5) is 12.6. The van der Waals surface area contributed by atoms with Crippen LogP contribution in [0.3, 0.4) is 0 Å². The molecule has 2 unspecified atom stereocenters. The Balaban J connectivity index is 1.88. The predicted molar refractivity (Wildman–Crippen MR) is 115 cm³/mol. The van der Waals surface area contributed by atoms with Crippen molar-refractivity contribution in [2.24, 2.45) is 0 Å². The highest BCUT2D eigenvalue weighted by atomic mass is 32.2. The van der Waals surface area contributed by atoms with Crippen LogP contribution in [0.4, 0.5) is 11.4 Å². The minimum Gasteiger partial charge on any atom is -0.595 e. The van der Waals surface area contributed by atoms with E-state index in [1.165, 1.54) is 72.8 Å². The summed E-state index contributed by atoms with van der Waals surface area (Å²) in [6.45, 7) is 0. The molecule has 0 spiro atoms. The third kappa shape index (κ3) is 4.37. The van der Waals surface area contributed by atoms with Gasteiger partial charge in [0.2, 0.25) is 15.6 Å². The van der Waals surface area contributed by atoms with Crippen molar-refractivity contribution in [1.29, 1.82) is 0 Å². The second-order valence-corrected chi connectivity index (χ2v) is 8.99. The molecular formula is C22H17N3O8S. The predicted octanol–water partition coefficient (Wildman–Crippen LogP) is 1.21. The topological polar surface area (TPSA) is 173 Å². The number of sulfone groups is 1. The minimum absolute atomic E-state index is 0.00980. The van der Waals surface area contributed by atoms with Crippen molar-refractivity contribution >= 4 is 27.0 Å². The van der Waals surface area contributed by atoms with E-state index in [-0.39, 0.29) is 33.2 Å². The summed E-state index contributed by atoms with van der Waals surface area (Å²) in [7, 11) is -4.29. The van der Waals surface area contributed by atoms with Crippen LogP contribution in [0.5, 0.6) is 0 Å². The highest BCUT2D eigenvalue weighted by molar-refractivity contribution is 7.91. The average Bonchev–Trinajstić information content (AvgIpc) is 3.30. The van der Waals surface area contributed by atoms with Gasteiger partial charge < -0.3 is 14.9 Å². The van der Waals surface area contributed by atoms with Gasteiger partial charge in [0.1, 0.15) is 0 Å². The largest absolute Gasteiger partial charge is 0.595 e. The summed E-state index contributed by atoms with van der Waals surface area (Å²) < 4.78 is 32.4. The molecule has 12 heteroatoms. The SMILES string of the molecule is O=C(c1ccc([NH+]([O-])O)cc1)c1noc(-c2ccc([NH+]([O-])O)cc2)c1S(=O)(=O)c1ccccc1. The van der Waals surface area contributed by atoms with Crippen molar-refractivity contribution in [2.75, 3.05) is 0 Å². The molecule has 0 aliphatic heterocycles. The molecule has 34 heavy (non-hydrogen) atoms. The molecule has 0 aliphatic rings. The van der Waals surface area contributed by atoms with Gasteiger partial charge in [-0.05, 0) is 36.4 Å². The van der Waals surface area contributed by atoms with Crippen molar-refractivity contribution in [1.82, 2.24) is 5.16 Å². The first kappa shape index (κ1) is 23.4. The zero-order valence-electron chi connectivity index (χ0n) is 17.2. The van der Waals surface area contributed by atoms with E-state index in [1.807, 2.05) is 0 Å². The number of quaternary nitrogens is 2. The zero-order chi connectivity index (χ0) is 24.5. The van der Waals surface area contributed by atoms with E-state index < -0.39 is 36.7 Å². The molecule has 1 heterocycles. The van der Waals surface area contributed by atoms with Gasteiger partial charge in [-0.1, -0.05) is 23.4 Å². The molecule has 4 rings (SSSR count). The lowest BCUT2D eigenvalue weighted by Crippen LogP contribution is -2.99. The van der Waals surface area contributed by atoms with Crippen molar-refractivity contribution in [3.05, 3.63) is 101 Å². The van der Waals surface area contributed by atoms with Crippen molar-refractivity contribution in [3.8, 4) is 11.3 Å². The number of carbonyl (C=O) groups is 1. The Morgan fingerprint density at radius 3 is 1.88 bits per heavy atom. The molecule has 11 nitrogen and oxygen atoms in total. The van der Waals surface area contributed by atoms with Crippen molar-refractivity contribution in [2.45, 2.75) is 9.79 Å². The van der Waals surface area contributed by atoms with Crippen molar-refractivity contribution in [3.63, 3.8) is 0 Å². The molecule has 3 aromatic carbocycles. The number of carbonyl (C=O) groups excluding carboxylic acids is 1. The summed E-state index contributed by atoms with van der Waals surface area (Å²) in [6.07, 6.45) is 0. The Morgan fingerprint density at radius 1 is 0.824 bits per heavy atom. The van der Waals surface area contributed by atoms with E-state index in [1.54, 1.807) is 6.07 Å². The van der Waals surface area contributed by atoms with Gasteiger partial charge in [-0.2, -0.15) is 10.5 Å². The second kappa shape index (κ2) is 9.24. The number of hydrogen-bond acceptors (Lipinski definition) is 9. The normalized spacial score (nSPS) is 13.4. The maximum absolute atomic E-state index is 13.5. The van der Waals surface area contributed by atoms with Crippen LogP contribution < -0.4 is 10.5 Å². The summed E-state index contributed by atoms with van der Waals surface area (Å²) in [6, 6.07) is 17.6. The Hall–Kier alpha value is -3.75. The molecule has 4 aromatic rings. The van der Waals surface area contributed by atoms with E-state index in [0.29, 0.717) is 0 Å². The molecule has 0 bridgehead atoms. The quantitative estimate of drug-likeness (QED) is 0.223. The molecular weight excluding hydrogens is 466 g/mol. The maximum atomic E-state index is 13.5. The monoisotopic (exact) mass is 483 g/mol. The summed E-state index contributed by atoms with van der Waals surface area (Å²) in [5, 5.41) is 41.8. The van der Waals surface area contributed by atoms with Gasteiger partial charge in [0.05, 0.1) is 4.90 Å². The molecule has 1 aromatic heterocycles. The van der Waals surface area contributed by atoms with Gasteiger partial charge in [0.15, 0.2) is 27.7 Å². The van der Waals surface area contributed by atoms with E-state index in [2.05, 4.69) is 5.16 Å². The van der Waals surface area contributed by atoms with Gasteiger partial charge in [-0.3, -0.25) is 4.79 Å². The van der Waals surface area contributed by atoms with Crippen molar-refractivity contribution < 1.29 is 38.6 Å². The fourth-order valence-corrected chi connectivity index (χ4v) is 4.78. The number of rotatable bonds is 7.